The van der Waals surface area contributed by atoms with Crippen LogP contribution in [0.25, 0.3) is 0 Å². The zero-order chi connectivity index (χ0) is 16.2. The summed E-state index contributed by atoms with van der Waals surface area (Å²) in [6.45, 7) is 5.18. The largest absolute Gasteiger partial charge is 0.478 e. The number of nitrogens with one attached hydrogen (secondary N) is 2. The number of benzene rings is 1. The van der Waals surface area contributed by atoms with Gasteiger partial charge >= 0.3 is 5.97 Å². The zero-order valence-corrected chi connectivity index (χ0v) is 11.9. The van der Waals surface area contributed by atoms with E-state index in [0.717, 1.165) is 6.07 Å². The topological polar surface area (TPSA) is 122 Å². The second-order valence-electron chi connectivity index (χ2n) is 4.82. The lowest BCUT2D eigenvalue weighted by Gasteiger charge is -2.18. The minimum Gasteiger partial charge on any atom is -0.478 e. The zero-order valence-electron chi connectivity index (χ0n) is 11.9. The molecular weight excluding hydrogens is 278 g/mol. The lowest BCUT2D eigenvalue weighted by atomic mass is 10.1. The molecule has 1 amide bonds. The van der Waals surface area contributed by atoms with Crippen molar-refractivity contribution in [1.82, 2.24) is 5.32 Å². The Labute approximate surface area is 121 Å². The van der Waals surface area contributed by atoms with Crippen LogP contribution in [0, 0.1) is 10.1 Å². The van der Waals surface area contributed by atoms with Crippen LogP contribution in [0.2, 0.25) is 0 Å². The van der Waals surface area contributed by atoms with Crippen LogP contribution in [-0.2, 0) is 4.79 Å². The van der Waals surface area contributed by atoms with Gasteiger partial charge in [0, 0.05) is 23.9 Å². The molecule has 1 rings (SSSR count). The standard InChI is InChI=1S/C13H17N3O5/c1-7(2)14-12(17)8(3)15-11-5-4-9(16(20)21)6-10(11)13(18)19/h4-8,15H,1-3H3,(H,14,17)(H,18,19). The molecule has 3 N–H and O–H groups in total. The monoisotopic (exact) mass is 295 g/mol. The van der Waals surface area contributed by atoms with Crippen molar-refractivity contribution in [3.8, 4) is 0 Å². The maximum Gasteiger partial charge on any atom is 0.338 e. The van der Waals surface area contributed by atoms with Gasteiger partial charge in [-0.15, -0.1) is 0 Å². The summed E-state index contributed by atoms with van der Waals surface area (Å²) in [5, 5.41) is 25.2. The smallest absolute Gasteiger partial charge is 0.338 e. The van der Waals surface area contributed by atoms with E-state index in [2.05, 4.69) is 10.6 Å². The summed E-state index contributed by atoms with van der Waals surface area (Å²) >= 11 is 0. The molecule has 0 saturated carbocycles. The number of hydrogen-bond donors (Lipinski definition) is 3. The van der Waals surface area contributed by atoms with E-state index in [9.17, 15) is 19.7 Å². The highest BCUT2D eigenvalue weighted by Crippen LogP contribution is 2.22. The number of rotatable bonds is 6. The summed E-state index contributed by atoms with van der Waals surface area (Å²) in [5.41, 5.74) is -0.426. The number of aromatic carboxylic acids is 1. The van der Waals surface area contributed by atoms with Gasteiger partial charge in [-0.3, -0.25) is 14.9 Å². The highest BCUT2D eigenvalue weighted by molar-refractivity contribution is 5.96. The molecule has 0 aliphatic rings. The average Bonchev–Trinajstić information content (AvgIpc) is 2.37. The Hall–Kier alpha value is -2.64. The molecule has 0 fully saturated rings. The van der Waals surface area contributed by atoms with Gasteiger partial charge in [-0.25, -0.2) is 4.79 Å². The van der Waals surface area contributed by atoms with Crippen LogP contribution in [0.3, 0.4) is 0 Å². The molecule has 114 valence electrons. The summed E-state index contributed by atoms with van der Waals surface area (Å²) < 4.78 is 0. The molecule has 1 unspecified atom stereocenters. The fourth-order valence-corrected chi connectivity index (χ4v) is 1.66. The molecular formula is C13H17N3O5. The van der Waals surface area contributed by atoms with Gasteiger partial charge in [-0.05, 0) is 26.8 Å². The Bertz CT molecular complexity index is 571. The predicted molar refractivity (Wildman–Crippen MR) is 76.4 cm³/mol. The fourth-order valence-electron chi connectivity index (χ4n) is 1.66. The number of carboxylic acids is 1. The van der Waals surface area contributed by atoms with E-state index in [1.165, 1.54) is 12.1 Å². The Kier molecular flexibility index (Phi) is 5.23. The predicted octanol–water partition coefficient (Wildman–Crippen LogP) is 1.62. The molecule has 1 atom stereocenters. The molecule has 0 saturated heterocycles. The van der Waals surface area contributed by atoms with Crippen LogP contribution < -0.4 is 10.6 Å². The lowest BCUT2D eigenvalue weighted by molar-refractivity contribution is -0.384. The van der Waals surface area contributed by atoms with E-state index in [-0.39, 0.29) is 28.9 Å². The normalized spacial score (nSPS) is 11.8. The van der Waals surface area contributed by atoms with Gasteiger partial charge in [0.15, 0.2) is 0 Å². The van der Waals surface area contributed by atoms with E-state index in [1.807, 2.05) is 0 Å². The number of carbonyl (C=O) groups is 2. The second kappa shape index (κ2) is 6.69. The molecule has 21 heavy (non-hydrogen) atoms. The van der Waals surface area contributed by atoms with Crippen molar-refractivity contribution in [1.29, 1.82) is 0 Å². The molecule has 0 aliphatic carbocycles. The molecule has 0 bridgehead atoms. The van der Waals surface area contributed by atoms with Crippen molar-refractivity contribution in [2.75, 3.05) is 5.32 Å². The minimum absolute atomic E-state index is 0.0439. The summed E-state index contributed by atoms with van der Waals surface area (Å²) in [6, 6.07) is 2.70. The van der Waals surface area contributed by atoms with Crippen molar-refractivity contribution in [2.45, 2.75) is 32.9 Å². The van der Waals surface area contributed by atoms with E-state index < -0.39 is 16.9 Å². The number of carboxylic acid groups (broad SMARTS) is 1. The van der Waals surface area contributed by atoms with Crippen LogP contribution in [0.4, 0.5) is 11.4 Å². The molecule has 0 spiro atoms. The van der Waals surface area contributed by atoms with Crippen molar-refractivity contribution < 1.29 is 19.6 Å². The summed E-state index contributed by atoms with van der Waals surface area (Å²) in [6.07, 6.45) is 0. The van der Waals surface area contributed by atoms with E-state index in [1.54, 1.807) is 20.8 Å². The first-order valence-electron chi connectivity index (χ1n) is 6.31. The third-order valence-electron chi connectivity index (χ3n) is 2.64. The van der Waals surface area contributed by atoms with Gasteiger partial charge < -0.3 is 15.7 Å². The SMILES string of the molecule is CC(C)NC(=O)C(C)Nc1ccc([N+](=O)[O-])cc1C(=O)O. The number of carbonyl (C=O) groups excluding carboxylic acids is 1. The van der Waals surface area contributed by atoms with Gasteiger partial charge in [0.25, 0.3) is 5.69 Å². The molecule has 1 aromatic carbocycles. The van der Waals surface area contributed by atoms with Crippen molar-refractivity contribution in [3.05, 3.63) is 33.9 Å². The van der Waals surface area contributed by atoms with Gasteiger partial charge in [0.1, 0.15) is 6.04 Å². The summed E-state index contributed by atoms with van der Waals surface area (Å²) in [7, 11) is 0. The molecule has 8 heteroatoms. The second-order valence-corrected chi connectivity index (χ2v) is 4.82. The van der Waals surface area contributed by atoms with Crippen LogP contribution in [-0.4, -0.2) is 34.0 Å². The number of hydrogen-bond acceptors (Lipinski definition) is 5. The summed E-state index contributed by atoms with van der Waals surface area (Å²) in [4.78, 5) is 32.9. The Morgan fingerprint density at radius 3 is 2.38 bits per heavy atom. The molecule has 8 nitrogen and oxygen atoms in total. The third kappa shape index (κ3) is 4.44. The van der Waals surface area contributed by atoms with Crippen LogP contribution in [0.5, 0.6) is 0 Å². The van der Waals surface area contributed by atoms with Crippen LogP contribution in [0.15, 0.2) is 18.2 Å². The maximum absolute atomic E-state index is 11.8. The van der Waals surface area contributed by atoms with Crippen molar-refractivity contribution in [3.63, 3.8) is 0 Å². The lowest BCUT2D eigenvalue weighted by Crippen LogP contribution is -2.41. The highest BCUT2D eigenvalue weighted by atomic mass is 16.6. The summed E-state index contributed by atoms with van der Waals surface area (Å²) in [5.74, 6) is -1.60. The third-order valence-corrected chi connectivity index (χ3v) is 2.64. The Morgan fingerprint density at radius 2 is 1.90 bits per heavy atom. The molecule has 0 aliphatic heterocycles. The molecule has 0 heterocycles. The van der Waals surface area contributed by atoms with E-state index in [4.69, 9.17) is 5.11 Å². The van der Waals surface area contributed by atoms with E-state index >= 15 is 0 Å². The van der Waals surface area contributed by atoms with Crippen LogP contribution in [0.1, 0.15) is 31.1 Å². The number of nitro benzene ring substituents is 1. The first-order valence-corrected chi connectivity index (χ1v) is 6.31. The minimum atomic E-state index is -1.31. The Balaban J connectivity index is 3.00. The van der Waals surface area contributed by atoms with Gasteiger partial charge in [-0.1, -0.05) is 0 Å². The quantitative estimate of drug-likeness (QED) is 0.541. The fraction of sp³-hybridized carbons (Fsp3) is 0.385. The molecule has 1 aromatic rings. The van der Waals surface area contributed by atoms with Gasteiger partial charge in [0.2, 0.25) is 5.91 Å². The first-order chi connectivity index (χ1) is 9.72. The molecule has 0 radical (unpaired) electrons. The van der Waals surface area contributed by atoms with Crippen LogP contribution >= 0.6 is 0 Å². The Morgan fingerprint density at radius 1 is 1.29 bits per heavy atom. The van der Waals surface area contributed by atoms with Crippen molar-refractivity contribution in [2.24, 2.45) is 0 Å². The van der Waals surface area contributed by atoms with Crippen molar-refractivity contribution >= 4 is 23.3 Å². The highest BCUT2D eigenvalue weighted by Gasteiger charge is 2.20. The number of anilines is 1. The number of amides is 1. The number of nitro groups is 1. The van der Waals surface area contributed by atoms with E-state index in [0.29, 0.717) is 0 Å². The maximum atomic E-state index is 11.8. The van der Waals surface area contributed by atoms with Gasteiger partial charge in [0.05, 0.1) is 10.5 Å². The number of non-ortho nitro benzene ring substituents is 1. The molecule has 0 aromatic heterocycles. The first kappa shape index (κ1) is 16.4. The van der Waals surface area contributed by atoms with Gasteiger partial charge in [-0.2, -0.15) is 0 Å². The average molecular weight is 295 g/mol. The number of nitrogens with zero attached hydrogens (tertiary/aromatic N) is 1.